The fraction of sp³-hybridized carbons (Fsp3) is 0.0769. The quantitative estimate of drug-likeness (QED) is 0.655. The molecular weight excluding hydrogens is 250 g/mol. The Hall–Kier alpha value is -1.39. The topological polar surface area (TPSA) is 29.1 Å². The number of thioether (sulfide) groups is 1. The molecule has 0 radical (unpaired) electrons. The fourth-order valence-electron chi connectivity index (χ4n) is 1.45. The monoisotopic (exact) mass is 261 g/mol. The van der Waals surface area contributed by atoms with Crippen molar-refractivity contribution in [1.82, 2.24) is 5.32 Å². The normalized spacial score (nSPS) is 18.1. The molecule has 2 nitrogen and oxygen atoms in total. The van der Waals surface area contributed by atoms with Crippen molar-refractivity contribution in [2.24, 2.45) is 0 Å². The molecule has 0 atom stereocenters. The van der Waals surface area contributed by atoms with Crippen LogP contribution in [0.4, 0.5) is 0 Å². The lowest BCUT2D eigenvalue weighted by Crippen LogP contribution is -2.17. The summed E-state index contributed by atoms with van der Waals surface area (Å²) in [5.74, 6) is -0.116. The molecule has 0 unspecified atom stereocenters. The van der Waals surface area contributed by atoms with Crippen molar-refractivity contribution in [2.45, 2.75) is 6.92 Å². The molecule has 4 heteroatoms. The first-order valence-corrected chi connectivity index (χ1v) is 6.36. The Morgan fingerprint density at radius 3 is 2.76 bits per heavy atom. The van der Waals surface area contributed by atoms with E-state index in [-0.39, 0.29) is 5.91 Å². The lowest BCUT2D eigenvalue weighted by molar-refractivity contribution is -0.115. The molecule has 0 saturated carbocycles. The van der Waals surface area contributed by atoms with E-state index in [1.54, 1.807) is 6.08 Å². The van der Waals surface area contributed by atoms with Crippen molar-refractivity contribution in [2.75, 3.05) is 0 Å². The number of carbonyl (C=O) groups is 1. The number of allylic oxidation sites excluding steroid dienone is 2. The Bertz CT molecular complexity index is 532. The van der Waals surface area contributed by atoms with E-state index < -0.39 is 0 Å². The van der Waals surface area contributed by atoms with E-state index in [0.717, 1.165) is 5.56 Å². The molecule has 1 amide bonds. The maximum absolute atomic E-state index is 11.4. The highest BCUT2D eigenvalue weighted by atomic mass is 32.2. The second-order valence-electron chi connectivity index (χ2n) is 3.59. The van der Waals surface area contributed by atoms with Crippen molar-refractivity contribution in [3.8, 4) is 0 Å². The third-order valence-electron chi connectivity index (χ3n) is 2.35. The van der Waals surface area contributed by atoms with Crippen LogP contribution in [-0.4, -0.2) is 10.2 Å². The van der Waals surface area contributed by atoms with Crippen molar-refractivity contribution in [1.29, 1.82) is 0 Å². The molecule has 1 saturated heterocycles. The van der Waals surface area contributed by atoms with Gasteiger partial charge >= 0.3 is 0 Å². The summed E-state index contributed by atoms with van der Waals surface area (Å²) in [4.78, 5) is 12.0. The summed E-state index contributed by atoms with van der Waals surface area (Å²) < 4.78 is 0.519. The van der Waals surface area contributed by atoms with E-state index in [1.807, 2.05) is 30.4 Å². The number of hydrogen-bond donors (Lipinski definition) is 1. The van der Waals surface area contributed by atoms with Gasteiger partial charge in [-0.2, -0.15) is 0 Å². The standard InChI is InChI=1S/C13H11NOS2/c1-9-5-2-3-6-10(9)7-4-8-11-12(15)14-13(16)17-11/h2-8H,1H3,(H,14,15,16). The minimum atomic E-state index is -0.116. The summed E-state index contributed by atoms with van der Waals surface area (Å²) in [6, 6.07) is 8.09. The smallest absolute Gasteiger partial charge is 0.263 e. The van der Waals surface area contributed by atoms with Gasteiger partial charge in [0.25, 0.3) is 5.91 Å². The molecule has 1 aromatic rings. The van der Waals surface area contributed by atoms with Gasteiger partial charge in [-0.25, -0.2) is 0 Å². The fourth-order valence-corrected chi connectivity index (χ4v) is 2.44. The van der Waals surface area contributed by atoms with Crippen LogP contribution < -0.4 is 5.32 Å². The SMILES string of the molecule is Cc1ccccc1C=CC=C1SC(=S)NC1=O. The van der Waals surface area contributed by atoms with Crippen LogP contribution in [0, 0.1) is 6.92 Å². The maximum Gasteiger partial charge on any atom is 0.263 e. The summed E-state index contributed by atoms with van der Waals surface area (Å²) in [6.07, 6.45) is 5.64. The van der Waals surface area contributed by atoms with Gasteiger partial charge in [-0.05, 0) is 24.1 Å². The first kappa shape index (κ1) is 12.1. The first-order chi connectivity index (χ1) is 8.16. The van der Waals surface area contributed by atoms with Crippen LogP contribution in [0.1, 0.15) is 11.1 Å². The minimum absolute atomic E-state index is 0.116. The Morgan fingerprint density at radius 1 is 1.35 bits per heavy atom. The largest absolute Gasteiger partial charge is 0.307 e. The number of aryl methyl sites for hydroxylation is 1. The van der Waals surface area contributed by atoms with Gasteiger partial charge in [0, 0.05) is 0 Å². The molecule has 17 heavy (non-hydrogen) atoms. The van der Waals surface area contributed by atoms with E-state index in [9.17, 15) is 4.79 Å². The average molecular weight is 261 g/mol. The molecule has 0 aromatic heterocycles. The van der Waals surface area contributed by atoms with Gasteiger partial charge < -0.3 is 5.32 Å². The van der Waals surface area contributed by atoms with Gasteiger partial charge in [0.05, 0.1) is 4.91 Å². The molecule has 1 fully saturated rings. The summed E-state index contributed by atoms with van der Waals surface area (Å²) in [5.41, 5.74) is 2.36. The van der Waals surface area contributed by atoms with Crippen LogP contribution in [0.15, 0.2) is 41.3 Å². The molecule has 86 valence electrons. The predicted molar refractivity (Wildman–Crippen MR) is 76.6 cm³/mol. The number of nitrogens with one attached hydrogen (secondary N) is 1. The molecule has 1 aliphatic rings. The second kappa shape index (κ2) is 5.29. The van der Waals surface area contributed by atoms with E-state index in [2.05, 4.69) is 18.3 Å². The van der Waals surface area contributed by atoms with Gasteiger partial charge in [-0.15, -0.1) is 0 Å². The van der Waals surface area contributed by atoms with Gasteiger partial charge in [-0.1, -0.05) is 60.4 Å². The molecule has 2 rings (SSSR count). The third-order valence-corrected chi connectivity index (χ3v) is 3.53. The third kappa shape index (κ3) is 3.05. The molecule has 0 bridgehead atoms. The summed E-state index contributed by atoms with van der Waals surface area (Å²) in [7, 11) is 0. The number of benzene rings is 1. The average Bonchev–Trinajstić information content (AvgIpc) is 2.60. The number of carbonyl (C=O) groups excluding carboxylic acids is 1. The Morgan fingerprint density at radius 2 is 2.12 bits per heavy atom. The number of rotatable bonds is 2. The summed E-state index contributed by atoms with van der Waals surface area (Å²) in [5, 5.41) is 2.58. The van der Waals surface area contributed by atoms with Crippen LogP contribution in [0.2, 0.25) is 0 Å². The van der Waals surface area contributed by atoms with Crippen LogP contribution in [-0.2, 0) is 4.79 Å². The molecular formula is C13H11NOS2. The second-order valence-corrected chi connectivity index (χ2v) is 5.31. The lowest BCUT2D eigenvalue weighted by Gasteiger charge is -1.97. The van der Waals surface area contributed by atoms with Crippen molar-refractivity contribution < 1.29 is 4.79 Å². The van der Waals surface area contributed by atoms with Crippen LogP contribution in [0.5, 0.6) is 0 Å². The zero-order valence-corrected chi connectivity index (χ0v) is 10.9. The van der Waals surface area contributed by atoms with Gasteiger partial charge in [0.15, 0.2) is 0 Å². The number of amides is 1. The Balaban J connectivity index is 2.13. The highest BCUT2D eigenvalue weighted by Gasteiger charge is 2.20. The van der Waals surface area contributed by atoms with E-state index in [1.165, 1.54) is 17.3 Å². The van der Waals surface area contributed by atoms with Crippen LogP contribution in [0.3, 0.4) is 0 Å². The Labute approximate surface area is 110 Å². The summed E-state index contributed by atoms with van der Waals surface area (Å²) >= 11 is 6.20. The van der Waals surface area contributed by atoms with Crippen LogP contribution >= 0.6 is 24.0 Å². The van der Waals surface area contributed by atoms with Gasteiger partial charge in [0.1, 0.15) is 4.32 Å². The molecule has 0 spiro atoms. The molecule has 1 N–H and O–H groups in total. The predicted octanol–water partition coefficient (Wildman–Crippen LogP) is 3.04. The van der Waals surface area contributed by atoms with Crippen molar-refractivity contribution >= 4 is 40.3 Å². The van der Waals surface area contributed by atoms with Gasteiger partial charge in [0.2, 0.25) is 0 Å². The zero-order valence-electron chi connectivity index (χ0n) is 9.27. The first-order valence-electron chi connectivity index (χ1n) is 5.14. The summed E-state index contributed by atoms with van der Waals surface area (Å²) in [6.45, 7) is 2.05. The van der Waals surface area contributed by atoms with E-state index in [0.29, 0.717) is 9.23 Å². The highest BCUT2D eigenvalue weighted by molar-refractivity contribution is 8.26. The lowest BCUT2D eigenvalue weighted by atomic mass is 10.1. The molecule has 0 aliphatic carbocycles. The maximum atomic E-state index is 11.4. The van der Waals surface area contributed by atoms with Crippen LogP contribution in [0.25, 0.3) is 6.08 Å². The van der Waals surface area contributed by atoms with E-state index in [4.69, 9.17) is 12.2 Å². The van der Waals surface area contributed by atoms with Crippen molar-refractivity contribution in [3.63, 3.8) is 0 Å². The van der Waals surface area contributed by atoms with E-state index >= 15 is 0 Å². The number of thiocarbonyl (C=S) groups is 1. The minimum Gasteiger partial charge on any atom is -0.307 e. The highest BCUT2D eigenvalue weighted by Crippen LogP contribution is 2.23. The number of hydrogen-bond acceptors (Lipinski definition) is 3. The Kier molecular flexibility index (Phi) is 3.76. The van der Waals surface area contributed by atoms with Gasteiger partial charge in [-0.3, -0.25) is 4.79 Å². The van der Waals surface area contributed by atoms with Crippen molar-refractivity contribution in [3.05, 3.63) is 52.4 Å². The molecule has 1 heterocycles. The zero-order chi connectivity index (χ0) is 12.3. The molecule has 1 aliphatic heterocycles. The molecule has 1 aromatic carbocycles.